The van der Waals surface area contributed by atoms with Gasteiger partial charge in [0.1, 0.15) is 6.10 Å². The van der Waals surface area contributed by atoms with Crippen LogP contribution in [-0.2, 0) is 4.74 Å². The fourth-order valence-corrected chi connectivity index (χ4v) is 5.46. The number of Topliss-reactive ketones (excluding diaryl/α,β-unsaturated/α-hetero) is 1. The quantitative estimate of drug-likeness (QED) is 0.246. The number of fused-ring (bicyclic) bond motifs is 1. The number of pyridine rings is 1. The molecule has 0 amide bonds. The summed E-state index contributed by atoms with van der Waals surface area (Å²) in [5.41, 5.74) is 3.55. The Kier molecular flexibility index (Phi) is 7.93. The molecule has 1 fully saturated rings. The number of nitrogens with zero attached hydrogens (tertiary/aromatic N) is 5. The van der Waals surface area contributed by atoms with Gasteiger partial charge in [-0.05, 0) is 50.0 Å². The van der Waals surface area contributed by atoms with E-state index < -0.39 is 0 Å². The highest BCUT2D eigenvalue weighted by Crippen LogP contribution is 2.30. The monoisotopic (exact) mass is 519 g/mol. The molecule has 1 saturated heterocycles. The van der Waals surface area contributed by atoms with Crippen LogP contribution in [0.4, 0.5) is 0 Å². The van der Waals surface area contributed by atoms with Gasteiger partial charge in [0.25, 0.3) is 0 Å². The number of aromatic nitrogens is 4. The maximum Gasteiger partial charge on any atom is 0.214 e. The molecule has 0 spiro atoms. The van der Waals surface area contributed by atoms with Gasteiger partial charge >= 0.3 is 0 Å². The van der Waals surface area contributed by atoms with Gasteiger partial charge in [0, 0.05) is 36.7 Å². The summed E-state index contributed by atoms with van der Waals surface area (Å²) in [5.74, 6) is 0.515. The van der Waals surface area contributed by atoms with Crippen LogP contribution in [0, 0.1) is 0 Å². The summed E-state index contributed by atoms with van der Waals surface area (Å²) < 4.78 is 13.4. The Bertz CT molecular complexity index is 1340. The summed E-state index contributed by atoms with van der Waals surface area (Å²) in [7, 11) is 0. The zero-order valence-electron chi connectivity index (χ0n) is 21.6. The number of hydrogen-bond acceptors (Lipinski definition) is 8. The van der Waals surface area contributed by atoms with Crippen molar-refractivity contribution in [2.24, 2.45) is 0 Å². The molecule has 0 radical (unpaired) electrons. The highest BCUT2D eigenvalue weighted by molar-refractivity contribution is 7.13. The highest BCUT2D eigenvalue weighted by atomic mass is 32.1. The molecule has 8 nitrogen and oxygen atoms in total. The van der Waals surface area contributed by atoms with Crippen molar-refractivity contribution in [1.82, 2.24) is 24.5 Å². The number of rotatable bonds is 11. The molecule has 0 saturated carbocycles. The van der Waals surface area contributed by atoms with E-state index in [4.69, 9.17) is 19.4 Å². The predicted molar refractivity (Wildman–Crippen MR) is 145 cm³/mol. The van der Waals surface area contributed by atoms with Crippen molar-refractivity contribution in [2.75, 3.05) is 26.3 Å². The van der Waals surface area contributed by atoms with E-state index in [0.29, 0.717) is 48.5 Å². The Morgan fingerprint density at radius 3 is 2.84 bits per heavy atom. The molecule has 194 valence electrons. The van der Waals surface area contributed by atoms with Gasteiger partial charge < -0.3 is 14.4 Å². The molecule has 1 aliphatic heterocycles. The molecule has 0 bridgehead atoms. The molecular formula is C28H33N5O3S. The van der Waals surface area contributed by atoms with E-state index in [1.54, 1.807) is 28.1 Å². The van der Waals surface area contributed by atoms with E-state index in [2.05, 4.69) is 30.8 Å². The first-order chi connectivity index (χ1) is 18.1. The van der Waals surface area contributed by atoms with Crippen molar-refractivity contribution in [2.45, 2.75) is 52.2 Å². The molecule has 1 aliphatic rings. The minimum atomic E-state index is -0.0687. The summed E-state index contributed by atoms with van der Waals surface area (Å²) in [6.45, 7) is 9.64. The minimum Gasteiger partial charge on any atom is -0.472 e. The second-order valence-corrected chi connectivity index (χ2v) is 10.3. The van der Waals surface area contributed by atoms with E-state index in [0.717, 1.165) is 42.1 Å². The molecule has 5 rings (SSSR count). The van der Waals surface area contributed by atoms with E-state index >= 15 is 0 Å². The molecule has 4 aromatic rings. The zero-order valence-corrected chi connectivity index (χ0v) is 22.4. The fourth-order valence-electron chi connectivity index (χ4n) is 4.77. The van der Waals surface area contributed by atoms with Crippen LogP contribution in [0.1, 0.15) is 50.4 Å². The van der Waals surface area contributed by atoms with E-state index in [1.807, 2.05) is 35.8 Å². The van der Waals surface area contributed by atoms with Crippen molar-refractivity contribution < 1.29 is 14.3 Å². The van der Waals surface area contributed by atoms with Crippen LogP contribution in [-0.4, -0.2) is 68.7 Å². The average molecular weight is 520 g/mol. The average Bonchev–Trinajstić information content (AvgIpc) is 3.69. The van der Waals surface area contributed by atoms with Gasteiger partial charge in [-0.2, -0.15) is 5.10 Å². The summed E-state index contributed by atoms with van der Waals surface area (Å²) in [6, 6.07) is 9.96. The molecule has 9 heteroatoms. The SMILES string of the molecule is CCN(CC)[C@@H](C)CCC(=O)c1cc(O[C@H]2CCOC2)nc(-c2cnn3ccc(-c4cccs4)nc23)c1. The van der Waals surface area contributed by atoms with Crippen molar-refractivity contribution in [1.29, 1.82) is 0 Å². The standard InChI is InChI=1S/C28H33N5O3S/c1-4-32(5-2)19(3)8-9-25(34)20-15-24(30-27(16-20)36-21-11-13-35-18-21)22-17-29-33-12-10-23(31-28(22)33)26-7-6-14-37-26/h6-7,10,12,14-17,19,21H,4-5,8-9,11,13,18H2,1-3H3/t19-,21-/m0/s1. The van der Waals surface area contributed by atoms with Crippen LogP contribution in [0.5, 0.6) is 5.88 Å². The van der Waals surface area contributed by atoms with Crippen LogP contribution in [0.15, 0.2) is 48.1 Å². The number of ether oxygens (including phenoxy) is 2. The van der Waals surface area contributed by atoms with Gasteiger partial charge in [-0.15, -0.1) is 11.3 Å². The summed E-state index contributed by atoms with van der Waals surface area (Å²) in [5, 5.41) is 6.52. The van der Waals surface area contributed by atoms with Crippen LogP contribution >= 0.6 is 11.3 Å². The lowest BCUT2D eigenvalue weighted by Crippen LogP contribution is -2.33. The third-order valence-electron chi connectivity index (χ3n) is 6.94. The summed E-state index contributed by atoms with van der Waals surface area (Å²) in [4.78, 5) is 26.5. The highest BCUT2D eigenvalue weighted by Gasteiger charge is 2.22. The Hall–Kier alpha value is -3.14. The molecule has 0 aromatic carbocycles. The maximum atomic E-state index is 13.4. The van der Waals surface area contributed by atoms with E-state index in [-0.39, 0.29) is 11.9 Å². The lowest BCUT2D eigenvalue weighted by Gasteiger charge is -2.26. The number of carbonyl (C=O) groups is 1. The largest absolute Gasteiger partial charge is 0.472 e. The summed E-state index contributed by atoms with van der Waals surface area (Å²) in [6.07, 6.45) is 5.65. The lowest BCUT2D eigenvalue weighted by molar-refractivity contribution is 0.0963. The van der Waals surface area contributed by atoms with Gasteiger partial charge in [0.15, 0.2) is 11.4 Å². The first-order valence-electron chi connectivity index (χ1n) is 13.0. The Morgan fingerprint density at radius 1 is 1.24 bits per heavy atom. The number of carbonyl (C=O) groups excluding carboxylic acids is 1. The summed E-state index contributed by atoms with van der Waals surface area (Å²) >= 11 is 1.64. The number of hydrogen-bond donors (Lipinski definition) is 0. The molecule has 0 unspecified atom stereocenters. The van der Waals surface area contributed by atoms with Crippen LogP contribution in [0.3, 0.4) is 0 Å². The molecule has 4 aromatic heterocycles. The fraction of sp³-hybridized carbons (Fsp3) is 0.429. The molecular weight excluding hydrogens is 486 g/mol. The smallest absolute Gasteiger partial charge is 0.214 e. The second-order valence-electron chi connectivity index (χ2n) is 9.33. The first kappa shape index (κ1) is 25.5. The zero-order chi connectivity index (χ0) is 25.8. The Labute approximate surface area is 221 Å². The minimum absolute atomic E-state index is 0.0687. The molecule has 0 N–H and O–H groups in total. The van der Waals surface area contributed by atoms with Crippen molar-refractivity contribution in [3.05, 3.63) is 53.7 Å². The van der Waals surface area contributed by atoms with Crippen LogP contribution in [0.2, 0.25) is 0 Å². The van der Waals surface area contributed by atoms with Crippen molar-refractivity contribution in [3.63, 3.8) is 0 Å². The molecule has 0 aliphatic carbocycles. The number of thiophene rings is 1. The van der Waals surface area contributed by atoms with Crippen LogP contribution < -0.4 is 4.74 Å². The maximum absolute atomic E-state index is 13.4. The van der Waals surface area contributed by atoms with Crippen molar-refractivity contribution >= 4 is 22.8 Å². The second kappa shape index (κ2) is 11.5. The van der Waals surface area contributed by atoms with Gasteiger partial charge in [0.2, 0.25) is 5.88 Å². The van der Waals surface area contributed by atoms with Gasteiger partial charge in [0.05, 0.1) is 41.2 Å². The molecule has 5 heterocycles. The van der Waals surface area contributed by atoms with Gasteiger partial charge in [-0.3, -0.25) is 4.79 Å². The van der Waals surface area contributed by atoms with E-state index in [9.17, 15) is 4.79 Å². The van der Waals surface area contributed by atoms with E-state index in [1.165, 1.54) is 0 Å². The normalized spacial score (nSPS) is 16.5. The van der Waals surface area contributed by atoms with Gasteiger partial charge in [-0.25, -0.2) is 14.5 Å². The number of ketones is 1. The molecule has 37 heavy (non-hydrogen) atoms. The third-order valence-corrected chi connectivity index (χ3v) is 7.84. The topological polar surface area (TPSA) is 81.9 Å². The lowest BCUT2D eigenvalue weighted by atomic mass is 10.0. The Morgan fingerprint density at radius 2 is 2.11 bits per heavy atom. The third kappa shape index (κ3) is 5.74. The molecule has 2 atom stereocenters. The first-order valence-corrected chi connectivity index (χ1v) is 13.9. The predicted octanol–water partition coefficient (Wildman–Crippen LogP) is 5.38. The van der Waals surface area contributed by atoms with Crippen LogP contribution in [0.25, 0.3) is 27.5 Å². The Balaban J connectivity index is 1.48. The van der Waals surface area contributed by atoms with Crippen molar-refractivity contribution in [3.8, 4) is 27.7 Å². The van der Waals surface area contributed by atoms with Gasteiger partial charge in [-0.1, -0.05) is 19.9 Å².